The van der Waals surface area contributed by atoms with E-state index in [9.17, 15) is 10.2 Å². The maximum atomic E-state index is 10.5. The highest BCUT2D eigenvalue weighted by molar-refractivity contribution is 6.97. The quantitative estimate of drug-likeness (QED) is 0.0371. The van der Waals surface area contributed by atoms with Gasteiger partial charge in [0.25, 0.3) is 16.6 Å². The fourth-order valence-corrected chi connectivity index (χ4v) is 14.4. The first-order valence-electron chi connectivity index (χ1n) is 26.6. The molecule has 8 aromatic rings. The molecule has 9 rings (SSSR count). The first-order valence-corrected chi connectivity index (χ1v) is 31.5. The highest BCUT2D eigenvalue weighted by Crippen LogP contribution is 2.23. The molecule has 10 heteroatoms. The van der Waals surface area contributed by atoms with E-state index >= 15 is 0 Å². The van der Waals surface area contributed by atoms with Crippen LogP contribution in [0.3, 0.4) is 0 Å². The Labute approximate surface area is 454 Å². The molecule has 1 aliphatic rings. The minimum absolute atomic E-state index is 0.177. The fourth-order valence-electron chi connectivity index (χ4n) is 8.66. The third-order valence-electron chi connectivity index (χ3n) is 13.7. The number of phenolic OH excluding ortho intramolecular Hbond substituents is 1. The van der Waals surface area contributed by atoms with E-state index in [-0.39, 0.29) is 6.61 Å². The lowest BCUT2D eigenvalue weighted by Gasteiger charge is -2.28. The van der Waals surface area contributed by atoms with E-state index in [1.165, 1.54) is 43.0 Å². The van der Waals surface area contributed by atoms with Crippen LogP contribution in [0.2, 0.25) is 13.1 Å². The Morgan fingerprint density at radius 1 is 0.487 bits per heavy atom. The van der Waals surface area contributed by atoms with Gasteiger partial charge in [-0.05, 0) is 147 Å². The van der Waals surface area contributed by atoms with Crippen LogP contribution in [0.4, 0.5) is 0 Å². The number of hydrogen-bond acceptors (Lipinski definition) is 8. The molecule has 4 atom stereocenters. The Morgan fingerprint density at radius 2 is 0.842 bits per heavy atom. The largest absolute Gasteiger partial charge is 0.508 e. The molecule has 1 saturated heterocycles. The van der Waals surface area contributed by atoms with Crippen LogP contribution in [-0.4, -0.2) is 77.7 Å². The van der Waals surface area contributed by atoms with E-state index in [2.05, 4.69) is 148 Å². The molecule has 0 amide bonds. The summed E-state index contributed by atoms with van der Waals surface area (Å²) < 4.78 is 35.6. The van der Waals surface area contributed by atoms with Crippen LogP contribution in [-0.2, 0) is 26.4 Å². The van der Waals surface area contributed by atoms with Crippen LogP contribution in [0.15, 0.2) is 218 Å². The van der Waals surface area contributed by atoms with Crippen molar-refractivity contribution in [1.29, 1.82) is 0 Å². The van der Waals surface area contributed by atoms with Gasteiger partial charge in [-0.3, -0.25) is 0 Å². The van der Waals surface area contributed by atoms with Crippen molar-refractivity contribution in [3.05, 3.63) is 241 Å². The number of rotatable bonds is 23. The van der Waals surface area contributed by atoms with Crippen LogP contribution in [0.5, 0.6) is 23.0 Å². The predicted molar refractivity (Wildman–Crippen MR) is 314 cm³/mol. The van der Waals surface area contributed by atoms with E-state index in [0.717, 1.165) is 49.5 Å². The van der Waals surface area contributed by atoms with Crippen LogP contribution in [0, 0.1) is 13.8 Å². The zero-order valence-corrected chi connectivity index (χ0v) is 47.1. The average Bonchev–Trinajstić information content (AvgIpc) is 4.19. The molecule has 1 aliphatic heterocycles. The third-order valence-corrected chi connectivity index (χ3v) is 21.0. The van der Waals surface area contributed by atoms with Gasteiger partial charge in [0.15, 0.2) is 0 Å². The lowest BCUT2D eigenvalue weighted by atomic mass is 10.1. The van der Waals surface area contributed by atoms with Gasteiger partial charge >= 0.3 is 0 Å². The number of epoxide rings is 1. The second-order valence-electron chi connectivity index (χ2n) is 19.8. The summed E-state index contributed by atoms with van der Waals surface area (Å²) in [4.78, 5) is 0. The van der Waals surface area contributed by atoms with E-state index in [0.29, 0.717) is 31.2 Å². The zero-order valence-electron chi connectivity index (χ0n) is 45.1. The molecule has 396 valence electrons. The van der Waals surface area contributed by atoms with Crippen molar-refractivity contribution in [1.82, 2.24) is 0 Å². The van der Waals surface area contributed by atoms with Gasteiger partial charge in [0.1, 0.15) is 54.5 Å². The minimum atomic E-state index is -2.26. The van der Waals surface area contributed by atoms with Crippen molar-refractivity contribution in [2.75, 3.05) is 26.4 Å². The summed E-state index contributed by atoms with van der Waals surface area (Å²) in [5.74, 6) is 2.71. The molecule has 2 N–H and O–H groups in total. The fraction of sp³-hybridized carbons (Fsp3) is 0.273. The molecular weight excluding hydrogens is 977 g/mol. The van der Waals surface area contributed by atoms with E-state index < -0.39 is 28.8 Å². The van der Waals surface area contributed by atoms with Crippen molar-refractivity contribution in [2.24, 2.45) is 0 Å². The van der Waals surface area contributed by atoms with Crippen LogP contribution in [0.1, 0.15) is 48.9 Å². The number of phenols is 1. The number of aliphatic hydroxyl groups excluding tert-OH is 1. The standard InChI is InChI=1S/C33H38O4Si.C22H24O2Si.C11H14O2/c1-26-16-20-29(21-17-26)35-25-33(34)27(2)37-30-22-18-28(19-23-30)11-10-24-36-38(3,31-12-6-4-7-13-31)32-14-8-5-9-15-32;1-25(21-10-4-2-5-11-21,22-12-6-3-7-13-22)24-18-8-9-19-14-16-20(23)17-15-19;1-8-3-5-10(6-4-8)12-7-11-9(2)13-11/h4-9,12-23,27,33-34H,10-11,24-25H2,1-3H3;2-7,10-17,23H,8-9,18H2,1H3;3-6,9,11H,7H2,1-2H3. The van der Waals surface area contributed by atoms with Crippen LogP contribution < -0.4 is 35.0 Å². The second-order valence-corrected chi connectivity index (χ2v) is 26.8. The normalized spacial score (nSPS) is 14.7. The molecule has 8 aromatic carbocycles. The van der Waals surface area contributed by atoms with E-state index in [4.69, 9.17) is 27.8 Å². The topological polar surface area (TPSA) is 99.1 Å². The van der Waals surface area contributed by atoms with Crippen molar-refractivity contribution in [3.63, 3.8) is 0 Å². The lowest BCUT2D eigenvalue weighted by molar-refractivity contribution is 0.0152. The number of ether oxygens (including phenoxy) is 4. The Morgan fingerprint density at radius 3 is 1.22 bits per heavy atom. The van der Waals surface area contributed by atoms with Gasteiger partial charge in [0, 0.05) is 13.2 Å². The van der Waals surface area contributed by atoms with Crippen molar-refractivity contribution in [2.45, 2.75) is 90.9 Å². The van der Waals surface area contributed by atoms with E-state index in [1.54, 1.807) is 12.1 Å². The molecule has 0 bridgehead atoms. The minimum Gasteiger partial charge on any atom is -0.508 e. The first-order chi connectivity index (χ1) is 36.9. The molecular formula is C66H76O8Si2. The summed E-state index contributed by atoms with van der Waals surface area (Å²) in [5, 5.41) is 25.0. The summed E-state index contributed by atoms with van der Waals surface area (Å²) in [6, 6.07) is 73.8. The summed E-state index contributed by atoms with van der Waals surface area (Å²) in [5.41, 5.74) is 4.89. The lowest BCUT2D eigenvalue weighted by Crippen LogP contribution is -2.58. The maximum absolute atomic E-state index is 10.5. The Balaban J connectivity index is 0.000000188. The van der Waals surface area contributed by atoms with Crippen molar-refractivity contribution < 1.29 is 38.0 Å². The van der Waals surface area contributed by atoms with Crippen LogP contribution >= 0.6 is 0 Å². The predicted octanol–water partition coefficient (Wildman–Crippen LogP) is 11.4. The molecule has 4 unspecified atom stereocenters. The number of aromatic hydroxyl groups is 1. The highest BCUT2D eigenvalue weighted by Gasteiger charge is 2.36. The van der Waals surface area contributed by atoms with Gasteiger partial charge in [-0.15, -0.1) is 0 Å². The molecule has 76 heavy (non-hydrogen) atoms. The molecule has 0 radical (unpaired) electrons. The van der Waals surface area contributed by atoms with Crippen LogP contribution in [0.25, 0.3) is 0 Å². The van der Waals surface area contributed by atoms with Gasteiger partial charge in [-0.2, -0.15) is 0 Å². The highest BCUT2D eigenvalue weighted by atomic mass is 28.4. The molecule has 1 fully saturated rings. The van der Waals surface area contributed by atoms with Gasteiger partial charge in [-0.1, -0.05) is 181 Å². The summed E-state index contributed by atoms with van der Waals surface area (Å²) in [6.45, 7) is 14.9. The van der Waals surface area contributed by atoms with Gasteiger partial charge in [-0.25, -0.2) is 0 Å². The van der Waals surface area contributed by atoms with Gasteiger partial charge in [0.2, 0.25) is 0 Å². The smallest absolute Gasteiger partial charge is 0.252 e. The molecule has 0 spiro atoms. The molecule has 0 aromatic heterocycles. The summed E-state index contributed by atoms with van der Waals surface area (Å²) >= 11 is 0. The summed E-state index contributed by atoms with van der Waals surface area (Å²) in [7, 11) is -4.45. The number of benzene rings is 8. The zero-order chi connectivity index (χ0) is 53.6. The Kier molecular flexibility index (Phi) is 21.7. The molecule has 0 aliphatic carbocycles. The average molecular weight is 1050 g/mol. The van der Waals surface area contributed by atoms with Crippen molar-refractivity contribution in [3.8, 4) is 23.0 Å². The maximum Gasteiger partial charge on any atom is 0.252 e. The second kappa shape index (κ2) is 28.9. The molecule has 8 nitrogen and oxygen atoms in total. The summed E-state index contributed by atoms with van der Waals surface area (Å²) in [6.07, 6.45) is 3.34. The molecule has 1 heterocycles. The third kappa shape index (κ3) is 17.7. The SMILES string of the molecule is C[Si](OCCCc1ccc(O)cc1)(c1ccccc1)c1ccccc1.Cc1ccc(OCC(O)C(C)Oc2ccc(CCCO[Si](C)(c3ccccc3)c3ccccc3)cc2)cc1.Cc1ccc(OCC2OC2C)cc1. The number of aryl methyl sites for hydroxylation is 4. The van der Waals surface area contributed by atoms with E-state index in [1.807, 2.05) is 98.8 Å². The Hall–Kier alpha value is -6.77. The monoisotopic (exact) mass is 1050 g/mol. The van der Waals surface area contributed by atoms with Gasteiger partial charge in [0.05, 0.1) is 6.10 Å². The Bertz CT molecular complexity index is 2780. The number of hydrogen-bond donors (Lipinski definition) is 2. The first kappa shape index (κ1) is 56.9. The molecule has 0 saturated carbocycles. The van der Waals surface area contributed by atoms with Crippen molar-refractivity contribution >= 4 is 37.4 Å². The number of aliphatic hydroxyl groups is 1. The van der Waals surface area contributed by atoms with Gasteiger partial charge < -0.3 is 38.0 Å².